The molecule has 0 spiro atoms. The van der Waals surface area contributed by atoms with Crippen molar-refractivity contribution in [1.29, 1.82) is 0 Å². The van der Waals surface area contributed by atoms with Crippen LogP contribution in [0.15, 0.2) is 54.6 Å². The van der Waals surface area contributed by atoms with Crippen molar-refractivity contribution in [3.8, 4) is 11.1 Å². The SMILES string of the molecule is Cc1nc(NC(C)c2ccccc2)c2c(-c3ccc(F)cc3)c(C)sc2n1. The standard InChI is InChI=1S/C22H20FN3S/c1-13(16-7-5-4-6-8-16)24-21-20-19(17-9-11-18(23)12-10-17)14(2)27-22(20)26-15(3)25-21/h4-13H,1-3H3,(H,24,25,26). The molecule has 2 heterocycles. The topological polar surface area (TPSA) is 37.8 Å². The first-order valence-electron chi connectivity index (χ1n) is 8.88. The Morgan fingerprint density at radius 3 is 2.37 bits per heavy atom. The summed E-state index contributed by atoms with van der Waals surface area (Å²) in [5.41, 5.74) is 3.23. The molecule has 0 radical (unpaired) electrons. The maximum atomic E-state index is 13.4. The van der Waals surface area contributed by atoms with Gasteiger partial charge in [0.1, 0.15) is 22.3 Å². The fourth-order valence-electron chi connectivity index (χ4n) is 3.32. The van der Waals surface area contributed by atoms with Crippen LogP contribution in [-0.4, -0.2) is 9.97 Å². The molecule has 4 rings (SSSR count). The lowest BCUT2D eigenvalue weighted by molar-refractivity contribution is 0.628. The third-order valence-electron chi connectivity index (χ3n) is 4.63. The molecule has 0 saturated heterocycles. The van der Waals surface area contributed by atoms with Gasteiger partial charge >= 0.3 is 0 Å². The van der Waals surface area contributed by atoms with Crippen LogP contribution in [0, 0.1) is 19.7 Å². The third kappa shape index (κ3) is 3.43. The Morgan fingerprint density at radius 2 is 1.67 bits per heavy atom. The molecule has 5 heteroatoms. The first-order chi connectivity index (χ1) is 13.0. The molecule has 4 aromatic rings. The van der Waals surface area contributed by atoms with Crippen LogP contribution < -0.4 is 5.32 Å². The van der Waals surface area contributed by atoms with E-state index in [0.29, 0.717) is 0 Å². The minimum absolute atomic E-state index is 0.102. The molecule has 2 aromatic carbocycles. The second-order valence-corrected chi connectivity index (χ2v) is 7.82. The fourth-order valence-corrected chi connectivity index (χ4v) is 4.41. The molecule has 136 valence electrons. The van der Waals surface area contributed by atoms with Crippen molar-refractivity contribution < 1.29 is 4.39 Å². The highest BCUT2D eigenvalue weighted by Gasteiger charge is 2.19. The predicted molar refractivity (Wildman–Crippen MR) is 111 cm³/mol. The monoisotopic (exact) mass is 377 g/mol. The second-order valence-electron chi connectivity index (χ2n) is 6.62. The Kier molecular flexibility index (Phi) is 4.62. The summed E-state index contributed by atoms with van der Waals surface area (Å²) in [6.45, 7) is 6.10. The number of nitrogens with one attached hydrogen (secondary N) is 1. The van der Waals surface area contributed by atoms with Crippen molar-refractivity contribution in [2.24, 2.45) is 0 Å². The highest BCUT2D eigenvalue weighted by Crippen LogP contribution is 2.41. The van der Waals surface area contributed by atoms with E-state index in [1.165, 1.54) is 17.7 Å². The number of nitrogens with zero attached hydrogens (tertiary/aromatic N) is 2. The second kappa shape index (κ2) is 7.08. The Labute approximate surface area is 161 Å². The van der Waals surface area contributed by atoms with Gasteiger partial charge in [-0.05, 0) is 44.0 Å². The lowest BCUT2D eigenvalue weighted by atomic mass is 10.0. The third-order valence-corrected chi connectivity index (χ3v) is 5.62. The van der Waals surface area contributed by atoms with Gasteiger partial charge in [0.25, 0.3) is 0 Å². The molecule has 0 amide bonds. The summed E-state index contributed by atoms with van der Waals surface area (Å²) in [7, 11) is 0. The van der Waals surface area contributed by atoms with Gasteiger partial charge in [-0.1, -0.05) is 42.5 Å². The van der Waals surface area contributed by atoms with Gasteiger partial charge in [-0.3, -0.25) is 0 Å². The van der Waals surface area contributed by atoms with Gasteiger partial charge in [0.2, 0.25) is 0 Å². The quantitative estimate of drug-likeness (QED) is 0.454. The predicted octanol–water partition coefficient (Wildman–Crippen LogP) is 6.29. The number of rotatable bonds is 4. The zero-order chi connectivity index (χ0) is 19.0. The van der Waals surface area contributed by atoms with Crippen molar-refractivity contribution in [3.63, 3.8) is 0 Å². The van der Waals surface area contributed by atoms with Gasteiger partial charge in [-0.2, -0.15) is 0 Å². The highest BCUT2D eigenvalue weighted by molar-refractivity contribution is 7.19. The van der Waals surface area contributed by atoms with E-state index in [4.69, 9.17) is 4.98 Å². The van der Waals surface area contributed by atoms with Crippen molar-refractivity contribution in [1.82, 2.24) is 9.97 Å². The van der Waals surface area contributed by atoms with E-state index in [9.17, 15) is 4.39 Å². The fraction of sp³-hybridized carbons (Fsp3) is 0.182. The lowest BCUT2D eigenvalue weighted by Gasteiger charge is -2.17. The van der Waals surface area contributed by atoms with E-state index in [1.807, 2.05) is 37.3 Å². The number of aryl methyl sites for hydroxylation is 2. The largest absolute Gasteiger partial charge is 0.363 e. The first kappa shape index (κ1) is 17.6. The molecule has 0 aliphatic carbocycles. The summed E-state index contributed by atoms with van der Waals surface area (Å²) < 4.78 is 13.4. The molecule has 0 fully saturated rings. The number of anilines is 1. The van der Waals surface area contributed by atoms with Crippen LogP contribution in [0.4, 0.5) is 10.2 Å². The molecule has 1 unspecified atom stereocenters. The van der Waals surface area contributed by atoms with Gasteiger partial charge in [0, 0.05) is 16.5 Å². The van der Waals surface area contributed by atoms with E-state index >= 15 is 0 Å². The van der Waals surface area contributed by atoms with Crippen molar-refractivity contribution in [3.05, 3.63) is 76.7 Å². The van der Waals surface area contributed by atoms with Crippen LogP contribution in [0.3, 0.4) is 0 Å². The maximum absolute atomic E-state index is 13.4. The number of aromatic nitrogens is 2. The molecular formula is C22H20FN3S. The Balaban J connectivity index is 1.86. The molecule has 27 heavy (non-hydrogen) atoms. The number of halogens is 1. The minimum atomic E-state index is -0.237. The van der Waals surface area contributed by atoms with E-state index < -0.39 is 0 Å². The zero-order valence-corrected chi connectivity index (χ0v) is 16.3. The summed E-state index contributed by atoms with van der Waals surface area (Å²) in [5, 5.41) is 4.56. The van der Waals surface area contributed by atoms with Crippen molar-refractivity contribution in [2.45, 2.75) is 26.8 Å². The number of hydrogen-bond acceptors (Lipinski definition) is 4. The summed E-state index contributed by atoms with van der Waals surface area (Å²) >= 11 is 1.64. The van der Waals surface area contributed by atoms with E-state index in [2.05, 4.69) is 36.3 Å². The van der Waals surface area contributed by atoms with Crippen LogP contribution >= 0.6 is 11.3 Å². The molecule has 0 saturated carbocycles. The van der Waals surface area contributed by atoms with Crippen LogP contribution in [0.5, 0.6) is 0 Å². The molecule has 1 atom stereocenters. The Bertz CT molecular complexity index is 1090. The van der Waals surface area contributed by atoms with E-state index in [1.54, 1.807) is 11.3 Å². The molecule has 0 aliphatic rings. The maximum Gasteiger partial charge on any atom is 0.139 e. The molecule has 2 aromatic heterocycles. The van der Waals surface area contributed by atoms with Crippen LogP contribution in [0.25, 0.3) is 21.3 Å². The summed E-state index contributed by atoms with van der Waals surface area (Å²) in [6, 6.07) is 17.0. The summed E-state index contributed by atoms with van der Waals surface area (Å²) in [5.74, 6) is 1.31. The zero-order valence-electron chi connectivity index (χ0n) is 15.5. The number of thiophene rings is 1. The Morgan fingerprint density at radius 1 is 0.963 bits per heavy atom. The average molecular weight is 377 g/mol. The van der Waals surface area contributed by atoms with Gasteiger partial charge in [-0.25, -0.2) is 14.4 Å². The first-order valence-corrected chi connectivity index (χ1v) is 9.69. The van der Waals surface area contributed by atoms with E-state index in [0.717, 1.165) is 37.9 Å². The smallest absolute Gasteiger partial charge is 0.139 e. The number of benzene rings is 2. The highest BCUT2D eigenvalue weighted by atomic mass is 32.1. The average Bonchev–Trinajstić information content (AvgIpc) is 2.99. The molecular weight excluding hydrogens is 357 g/mol. The molecule has 1 N–H and O–H groups in total. The van der Waals surface area contributed by atoms with Gasteiger partial charge in [0.15, 0.2) is 0 Å². The van der Waals surface area contributed by atoms with Crippen molar-refractivity contribution in [2.75, 3.05) is 5.32 Å². The van der Waals surface area contributed by atoms with Gasteiger partial charge < -0.3 is 5.32 Å². The van der Waals surface area contributed by atoms with Crippen LogP contribution in [0.1, 0.15) is 29.2 Å². The summed E-state index contributed by atoms with van der Waals surface area (Å²) in [6.07, 6.45) is 0. The van der Waals surface area contributed by atoms with Crippen LogP contribution in [0.2, 0.25) is 0 Å². The number of hydrogen-bond donors (Lipinski definition) is 1. The van der Waals surface area contributed by atoms with Crippen molar-refractivity contribution >= 4 is 27.4 Å². The molecule has 3 nitrogen and oxygen atoms in total. The lowest BCUT2D eigenvalue weighted by Crippen LogP contribution is -2.09. The minimum Gasteiger partial charge on any atom is -0.363 e. The van der Waals surface area contributed by atoms with Crippen LogP contribution in [-0.2, 0) is 0 Å². The van der Waals surface area contributed by atoms with Gasteiger partial charge in [0.05, 0.1) is 5.39 Å². The molecule has 0 aliphatic heterocycles. The summed E-state index contributed by atoms with van der Waals surface area (Å²) in [4.78, 5) is 11.4. The normalized spacial score (nSPS) is 12.3. The number of fused-ring (bicyclic) bond motifs is 1. The van der Waals surface area contributed by atoms with Gasteiger partial charge in [-0.15, -0.1) is 11.3 Å². The Hall–Kier alpha value is -2.79. The molecule has 0 bridgehead atoms. The van der Waals surface area contributed by atoms with E-state index in [-0.39, 0.29) is 11.9 Å².